The zero-order chi connectivity index (χ0) is 20.2. The van der Waals surface area contributed by atoms with Crippen LogP contribution in [0.3, 0.4) is 0 Å². The fourth-order valence-corrected chi connectivity index (χ4v) is 4.00. The molecule has 2 aliphatic rings. The van der Waals surface area contributed by atoms with Gasteiger partial charge in [0.15, 0.2) is 0 Å². The van der Waals surface area contributed by atoms with Crippen LogP contribution in [0.5, 0.6) is 0 Å². The number of aromatic nitrogens is 2. The average molecular weight is 396 g/mol. The minimum atomic E-state index is -0.385. The molecule has 1 unspecified atom stereocenters. The Bertz CT molecular complexity index is 895. The largest absolute Gasteiger partial charge is 0.378 e. The molecule has 2 aliphatic heterocycles. The summed E-state index contributed by atoms with van der Waals surface area (Å²) in [7, 11) is 2.02. The molecule has 2 fully saturated rings. The third kappa shape index (κ3) is 4.25. The van der Waals surface area contributed by atoms with Gasteiger partial charge in [-0.15, -0.1) is 0 Å². The monoisotopic (exact) mass is 396 g/mol. The highest BCUT2D eigenvalue weighted by Gasteiger charge is 2.27. The Morgan fingerprint density at radius 3 is 2.83 bits per heavy atom. The van der Waals surface area contributed by atoms with Crippen molar-refractivity contribution >= 4 is 17.5 Å². The van der Waals surface area contributed by atoms with E-state index in [2.05, 4.69) is 25.8 Å². The van der Waals surface area contributed by atoms with E-state index < -0.39 is 0 Å². The lowest BCUT2D eigenvalue weighted by atomic mass is 10.0. The van der Waals surface area contributed by atoms with Gasteiger partial charge in [-0.2, -0.15) is 10.2 Å². The van der Waals surface area contributed by atoms with E-state index in [1.54, 1.807) is 12.3 Å². The highest BCUT2D eigenvalue weighted by molar-refractivity contribution is 5.60. The summed E-state index contributed by atoms with van der Waals surface area (Å²) >= 11 is 0. The van der Waals surface area contributed by atoms with Gasteiger partial charge < -0.3 is 19.4 Å². The number of nitrogens with zero attached hydrogens (tertiary/aromatic N) is 6. The Balaban J connectivity index is 1.51. The molecular formula is C21H25FN6O. The van der Waals surface area contributed by atoms with Gasteiger partial charge in [0.25, 0.3) is 0 Å². The number of hydrogen-bond donors (Lipinski definition) is 0. The minimum Gasteiger partial charge on any atom is -0.378 e. The molecular weight excluding hydrogens is 371 g/mol. The van der Waals surface area contributed by atoms with Crippen LogP contribution in [-0.4, -0.2) is 62.5 Å². The van der Waals surface area contributed by atoms with E-state index in [0.717, 1.165) is 50.5 Å². The van der Waals surface area contributed by atoms with Gasteiger partial charge in [0.05, 0.1) is 24.5 Å². The first kappa shape index (κ1) is 19.4. The lowest BCUT2D eigenvalue weighted by molar-refractivity contribution is 0.122. The quantitative estimate of drug-likeness (QED) is 0.786. The predicted molar refractivity (Wildman–Crippen MR) is 110 cm³/mol. The maximum atomic E-state index is 13.5. The molecule has 0 saturated carbocycles. The zero-order valence-electron chi connectivity index (χ0n) is 16.6. The van der Waals surface area contributed by atoms with Gasteiger partial charge in [0, 0.05) is 45.5 Å². The van der Waals surface area contributed by atoms with Crippen LogP contribution in [0.2, 0.25) is 0 Å². The summed E-state index contributed by atoms with van der Waals surface area (Å²) in [5.41, 5.74) is 1.16. The average Bonchev–Trinajstić information content (AvgIpc) is 2.79. The molecule has 152 valence electrons. The van der Waals surface area contributed by atoms with Crippen molar-refractivity contribution in [3.63, 3.8) is 0 Å². The van der Waals surface area contributed by atoms with Crippen molar-refractivity contribution in [1.82, 2.24) is 9.97 Å². The fraction of sp³-hybridized carbons (Fsp3) is 0.476. The Morgan fingerprint density at radius 2 is 2.03 bits per heavy atom. The number of morpholine rings is 1. The molecule has 2 aromatic rings. The second-order valence-corrected chi connectivity index (χ2v) is 7.44. The molecule has 4 rings (SSSR count). The smallest absolute Gasteiger partial charge is 0.227 e. The number of likely N-dealkylation sites (N-methyl/N-ethyl adjacent to an activating group) is 1. The molecule has 1 atom stereocenters. The number of rotatable bonds is 4. The Labute approximate surface area is 170 Å². The molecule has 0 bridgehead atoms. The molecule has 7 nitrogen and oxygen atoms in total. The summed E-state index contributed by atoms with van der Waals surface area (Å²) in [6.45, 7) is 4.68. The lowest BCUT2D eigenvalue weighted by Gasteiger charge is -2.39. The SMILES string of the molecule is CN(c1nccc(N2CCOCC2)n1)C1CCCN(c2ccc(F)cc2C#N)C1. The third-order valence-electron chi connectivity index (χ3n) is 5.64. The van der Waals surface area contributed by atoms with Gasteiger partial charge in [0.2, 0.25) is 5.95 Å². The minimum absolute atomic E-state index is 0.209. The molecule has 0 N–H and O–H groups in total. The molecule has 0 aliphatic carbocycles. The molecule has 8 heteroatoms. The van der Waals surface area contributed by atoms with Crippen LogP contribution in [0.15, 0.2) is 30.5 Å². The maximum Gasteiger partial charge on any atom is 0.227 e. The number of anilines is 3. The number of hydrogen-bond acceptors (Lipinski definition) is 7. The highest BCUT2D eigenvalue weighted by Crippen LogP contribution is 2.27. The van der Waals surface area contributed by atoms with Crippen LogP contribution in [0, 0.1) is 17.1 Å². The molecule has 0 radical (unpaired) electrons. The van der Waals surface area contributed by atoms with E-state index in [1.807, 2.05) is 13.1 Å². The van der Waals surface area contributed by atoms with Gasteiger partial charge in [0.1, 0.15) is 17.7 Å². The van der Waals surface area contributed by atoms with Gasteiger partial charge in [-0.3, -0.25) is 0 Å². The van der Waals surface area contributed by atoms with E-state index in [-0.39, 0.29) is 11.9 Å². The van der Waals surface area contributed by atoms with Crippen molar-refractivity contribution in [1.29, 1.82) is 5.26 Å². The predicted octanol–water partition coefficient (Wildman–Crippen LogP) is 2.43. The summed E-state index contributed by atoms with van der Waals surface area (Å²) in [6.07, 6.45) is 3.81. The third-order valence-corrected chi connectivity index (χ3v) is 5.64. The first-order valence-corrected chi connectivity index (χ1v) is 9.99. The van der Waals surface area contributed by atoms with Crippen molar-refractivity contribution < 1.29 is 9.13 Å². The number of ether oxygens (including phenoxy) is 1. The van der Waals surface area contributed by atoms with E-state index in [4.69, 9.17) is 9.72 Å². The number of halogens is 1. The van der Waals surface area contributed by atoms with E-state index in [1.165, 1.54) is 12.1 Å². The van der Waals surface area contributed by atoms with Crippen molar-refractivity contribution in [3.05, 3.63) is 41.8 Å². The molecule has 1 aromatic carbocycles. The van der Waals surface area contributed by atoms with Crippen molar-refractivity contribution in [2.24, 2.45) is 0 Å². The number of piperidine rings is 1. The second kappa shape index (κ2) is 8.62. The van der Waals surface area contributed by atoms with E-state index >= 15 is 0 Å². The Kier molecular flexibility index (Phi) is 5.76. The molecule has 0 amide bonds. The fourth-order valence-electron chi connectivity index (χ4n) is 4.00. The summed E-state index contributed by atoms with van der Waals surface area (Å²) < 4.78 is 18.9. The van der Waals surface area contributed by atoms with Crippen molar-refractivity contribution in [2.45, 2.75) is 18.9 Å². The van der Waals surface area contributed by atoms with Gasteiger partial charge in [-0.25, -0.2) is 9.37 Å². The van der Waals surface area contributed by atoms with Crippen LogP contribution in [-0.2, 0) is 4.74 Å². The Morgan fingerprint density at radius 1 is 1.21 bits per heavy atom. The summed E-state index contributed by atoms with van der Waals surface area (Å²) in [4.78, 5) is 15.8. The van der Waals surface area contributed by atoms with Crippen LogP contribution in [0.1, 0.15) is 18.4 Å². The number of benzene rings is 1. The molecule has 0 spiro atoms. The Hall–Kier alpha value is -2.92. The summed E-state index contributed by atoms with van der Waals surface area (Å²) in [5, 5.41) is 9.39. The molecule has 3 heterocycles. The van der Waals surface area contributed by atoms with Crippen molar-refractivity contribution in [2.75, 3.05) is 61.1 Å². The van der Waals surface area contributed by atoms with Gasteiger partial charge >= 0.3 is 0 Å². The molecule has 1 aromatic heterocycles. The standard InChI is InChI=1S/C21H25FN6O/c1-26(21-24-7-6-20(25-21)27-9-11-29-12-10-27)18-3-2-8-28(15-18)19-5-4-17(22)13-16(19)14-23/h4-7,13,18H,2-3,8-12,15H2,1H3. The van der Waals surface area contributed by atoms with Crippen molar-refractivity contribution in [3.8, 4) is 6.07 Å². The normalized spacial score (nSPS) is 19.7. The van der Waals surface area contributed by atoms with Crippen LogP contribution >= 0.6 is 0 Å². The molecule has 2 saturated heterocycles. The zero-order valence-corrected chi connectivity index (χ0v) is 16.6. The lowest BCUT2D eigenvalue weighted by Crippen LogP contribution is -2.47. The summed E-state index contributed by atoms with van der Waals surface area (Å²) in [6, 6.07) is 8.68. The first-order chi connectivity index (χ1) is 14.2. The van der Waals surface area contributed by atoms with E-state index in [0.29, 0.717) is 24.7 Å². The highest BCUT2D eigenvalue weighted by atomic mass is 19.1. The second-order valence-electron chi connectivity index (χ2n) is 7.44. The van der Waals surface area contributed by atoms with Gasteiger partial charge in [-0.05, 0) is 37.1 Å². The van der Waals surface area contributed by atoms with Gasteiger partial charge in [-0.1, -0.05) is 0 Å². The maximum absolute atomic E-state index is 13.5. The van der Waals surface area contributed by atoms with Crippen LogP contribution in [0.25, 0.3) is 0 Å². The number of nitriles is 1. The summed E-state index contributed by atoms with van der Waals surface area (Å²) in [5.74, 6) is 1.23. The van der Waals surface area contributed by atoms with Crippen LogP contribution in [0.4, 0.5) is 21.8 Å². The van der Waals surface area contributed by atoms with Crippen LogP contribution < -0.4 is 14.7 Å². The topological polar surface area (TPSA) is 68.5 Å². The molecule has 29 heavy (non-hydrogen) atoms. The van der Waals surface area contributed by atoms with E-state index in [9.17, 15) is 9.65 Å². The first-order valence-electron chi connectivity index (χ1n) is 9.99.